The van der Waals surface area contributed by atoms with Crippen LogP contribution in [0.4, 0.5) is 0 Å². The van der Waals surface area contributed by atoms with Crippen molar-refractivity contribution in [3.8, 4) is 0 Å². The highest BCUT2D eigenvalue weighted by molar-refractivity contribution is 7.99. The maximum absolute atomic E-state index is 12.3. The van der Waals surface area contributed by atoms with Gasteiger partial charge >= 0.3 is 0 Å². The summed E-state index contributed by atoms with van der Waals surface area (Å²) >= 11 is 1.48. The number of thioether (sulfide) groups is 1. The Balaban J connectivity index is 1.86. The predicted molar refractivity (Wildman–Crippen MR) is 78.4 cm³/mol. The second kappa shape index (κ2) is 4.84. The summed E-state index contributed by atoms with van der Waals surface area (Å²) in [5, 5.41) is 3.30. The van der Waals surface area contributed by atoms with Gasteiger partial charge in [0, 0.05) is 18.5 Å². The molecule has 3 heterocycles. The predicted octanol–water partition coefficient (Wildman–Crippen LogP) is -0.344. The molecule has 0 spiro atoms. The van der Waals surface area contributed by atoms with Crippen LogP contribution >= 0.6 is 11.8 Å². The number of aromatic nitrogens is 2. The first-order chi connectivity index (χ1) is 9.80. The van der Waals surface area contributed by atoms with Gasteiger partial charge in [-0.05, 0) is 13.3 Å². The molecule has 1 atom stereocenters. The molecule has 1 saturated heterocycles. The Morgan fingerprint density at radius 3 is 2.95 bits per heavy atom. The Kier molecular flexibility index (Phi) is 3.36. The zero-order chi connectivity index (χ0) is 15.3. The molecule has 9 heteroatoms. The average Bonchev–Trinajstić information content (AvgIpc) is 2.94. The lowest BCUT2D eigenvalue weighted by molar-refractivity contribution is 0.0912. The molecule has 1 aromatic rings. The maximum atomic E-state index is 12.3. The molecule has 114 valence electrons. The molecule has 1 aromatic heterocycles. The minimum absolute atomic E-state index is 0.0354. The first kappa shape index (κ1) is 14.6. The van der Waals surface area contributed by atoms with Crippen molar-refractivity contribution in [2.45, 2.75) is 30.6 Å². The molecule has 21 heavy (non-hydrogen) atoms. The van der Waals surface area contributed by atoms with Crippen LogP contribution in [-0.4, -0.2) is 46.7 Å². The van der Waals surface area contributed by atoms with Gasteiger partial charge in [-0.3, -0.25) is 14.2 Å². The third-order valence-corrected chi connectivity index (χ3v) is 6.59. The van der Waals surface area contributed by atoms with Gasteiger partial charge in [-0.1, -0.05) is 11.8 Å². The van der Waals surface area contributed by atoms with Crippen molar-refractivity contribution >= 4 is 27.5 Å². The fourth-order valence-electron chi connectivity index (χ4n) is 2.62. The highest BCUT2D eigenvalue weighted by atomic mass is 32.2. The van der Waals surface area contributed by atoms with E-state index in [1.54, 1.807) is 6.92 Å². The van der Waals surface area contributed by atoms with Crippen LogP contribution in [0.25, 0.3) is 0 Å². The molecule has 0 radical (unpaired) electrons. The van der Waals surface area contributed by atoms with Crippen LogP contribution in [0.3, 0.4) is 0 Å². The summed E-state index contributed by atoms with van der Waals surface area (Å²) in [4.78, 5) is 28.6. The summed E-state index contributed by atoms with van der Waals surface area (Å²) in [6.07, 6.45) is 1.63. The van der Waals surface area contributed by atoms with Gasteiger partial charge in [-0.15, -0.1) is 0 Å². The zero-order valence-corrected chi connectivity index (χ0v) is 13.1. The Bertz CT molecular complexity index is 771. The Morgan fingerprint density at radius 2 is 2.29 bits per heavy atom. The van der Waals surface area contributed by atoms with Crippen molar-refractivity contribution in [2.75, 3.05) is 17.3 Å². The van der Waals surface area contributed by atoms with E-state index >= 15 is 0 Å². The SMILES string of the molecule is CC1(NC(=O)c2cnc3n(c2=O)CCS3)CCS(=O)(=O)C1. The van der Waals surface area contributed by atoms with Crippen LogP contribution in [0.15, 0.2) is 16.1 Å². The lowest BCUT2D eigenvalue weighted by Crippen LogP contribution is -2.48. The maximum Gasteiger partial charge on any atom is 0.267 e. The Hall–Kier alpha value is -1.35. The third kappa shape index (κ3) is 2.71. The molecule has 1 N–H and O–H groups in total. The smallest absolute Gasteiger partial charge is 0.267 e. The molecular weight excluding hydrogens is 314 g/mol. The van der Waals surface area contributed by atoms with Gasteiger partial charge in [-0.2, -0.15) is 0 Å². The number of nitrogens with one attached hydrogen (secondary N) is 1. The Morgan fingerprint density at radius 1 is 1.52 bits per heavy atom. The standard InChI is InChI=1S/C12H15N3O4S2/c1-12(2-5-21(18,19)7-12)14-9(16)8-6-13-11-15(10(8)17)3-4-20-11/h6H,2-5,7H2,1H3,(H,14,16). The number of amides is 1. The molecule has 1 amide bonds. The monoisotopic (exact) mass is 329 g/mol. The molecule has 7 nitrogen and oxygen atoms in total. The van der Waals surface area contributed by atoms with Crippen LogP contribution in [0.5, 0.6) is 0 Å². The van der Waals surface area contributed by atoms with E-state index in [4.69, 9.17) is 0 Å². The minimum Gasteiger partial charge on any atom is -0.346 e. The first-order valence-corrected chi connectivity index (χ1v) is 9.36. The number of rotatable bonds is 2. The number of fused-ring (bicyclic) bond motifs is 1. The van der Waals surface area contributed by atoms with Crippen molar-refractivity contribution in [3.05, 3.63) is 22.1 Å². The Labute approximate surface area is 126 Å². The van der Waals surface area contributed by atoms with Crippen molar-refractivity contribution in [3.63, 3.8) is 0 Å². The lowest BCUT2D eigenvalue weighted by atomic mass is 10.0. The van der Waals surface area contributed by atoms with Gasteiger partial charge in [0.15, 0.2) is 15.0 Å². The number of carbonyl (C=O) groups excluding carboxylic acids is 1. The summed E-state index contributed by atoms with van der Waals surface area (Å²) in [5.74, 6) is 0.172. The zero-order valence-electron chi connectivity index (χ0n) is 11.5. The van der Waals surface area contributed by atoms with E-state index in [9.17, 15) is 18.0 Å². The topological polar surface area (TPSA) is 98.1 Å². The molecule has 0 saturated carbocycles. The van der Waals surface area contributed by atoms with E-state index in [-0.39, 0.29) is 22.6 Å². The van der Waals surface area contributed by atoms with Gasteiger partial charge in [0.05, 0.1) is 17.0 Å². The van der Waals surface area contributed by atoms with Crippen LogP contribution in [0, 0.1) is 0 Å². The van der Waals surface area contributed by atoms with Gasteiger partial charge in [0.2, 0.25) is 0 Å². The molecule has 1 unspecified atom stereocenters. The van der Waals surface area contributed by atoms with Gasteiger partial charge in [-0.25, -0.2) is 13.4 Å². The van der Waals surface area contributed by atoms with Crippen LogP contribution in [0.2, 0.25) is 0 Å². The molecule has 0 aromatic carbocycles. The van der Waals surface area contributed by atoms with Crippen molar-refractivity contribution in [1.82, 2.24) is 14.9 Å². The molecule has 2 aliphatic heterocycles. The number of hydrogen-bond acceptors (Lipinski definition) is 6. The number of carbonyl (C=O) groups is 1. The largest absolute Gasteiger partial charge is 0.346 e. The summed E-state index contributed by atoms with van der Waals surface area (Å²) < 4.78 is 24.6. The fourth-order valence-corrected chi connectivity index (χ4v) is 5.63. The summed E-state index contributed by atoms with van der Waals surface area (Å²) in [6.45, 7) is 2.22. The third-order valence-electron chi connectivity index (χ3n) is 3.72. The van der Waals surface area contributed by atoms with Crippen LogP contribution < -0.4 is 10.9 Å². The highest BCUT2D eigenvalue weighted by Gasteiger charge is 2.40. The van der Waals surface area contributed by atoms with Crippen molar-refractivity contribution < 1.29 is 13.2 Å². The summed E-state index contributed by atoms with van der Waals surface area (Å²) in [5.41, 5.74) is -1.22. The minimum atomic E-state index is -3.12. The molecule has 0 aliphatic carbocycles. The highest BCUT2D eigenvalue weighted by Crippen LogP contribution is 2.24. The number of sulfone groups is 1. The van der Waals surface area contributed by atoms with E-state index in [2.05, 4.69) is 10.3 Å². The molecule has 2 aliphatic rings. The van der Waals surface area contributed by atoms with Gasteiger partial charge in [0.25, 0.3) is 11.5 Å². The fraction of sp³-hybridized carbons (Fsp3) is 0.583. The molecular formula is C12H15N3O4S2. The van der Waals surface area contributed by atoms with Crippen LogP contribution in [-0.2, 0) is 16.4 Å². The normalized spacial score (nSPS) is 26.5. The van der Waals surface area contributed by atoms with E-state index in [1.165, 1.54) is 22.5 Å². The lowest BCUT2D eigenvalue weighted by Gasteiger charge is -2.23. The second-order valence-electron chi connectivity index (χ2n) is 5.62. The van der Waals surface area contributed by atoms with Crippen LogP contribution in [0.1, 0.15) is 23.7 Å². The van der Waals surface area contributed by atoms with E-state index < -0.39 is 21.3 Å². The van der Waals surface area contributed by atoms with Crippen molar-refractivity contribution in [2.24, 2.45) is 0 Å². The van der Waals surface area contributed by atoms with E-state index in [0.29, 0.717) is 18.1 Å². The van der Waals surface area contributed by atoms with E-state index in [1.807, 2.05) is 0 Å². The van der Waals surface area contributed by atoms with Crippen molar-refractivity contribution in [1.29, 1.82) is 0 Å². The van der Waals surface area contributed by atoms with E-state index in [0.717, 1.165) is 5.75 Å². The molecule has 0 bridgehead atoms. The second-order valence-corrected chi connectivity index (χ2v) is 8.86. The summed E-state index contributed by atoms with van der Waals surface area (Å²) in [7, 11) is -3.12. The average molecular weight is 329 g/mol. The first-order valence-electron chi connectivity index (χ1n) is 6.55. The number of hydrogen-bond donors (Lipinski definition) is 1. The number of nitrogens with zero attached hydrogens (tertiary/aromatic N) is 2. The van der Waals surface area contributed by atoms with Gasteiger partial charge < -0.3 is 5.32 Å². The van der Waals surface area contributed by atoms with Gasteiger partial charge in [0.1, 0.15) is 5.56 Å². The molecule has 3 rings (SSSR count). The quantitative estimate of drug-likeness (QED) is 0.745. The summed E-state index contributed by atoms with van der Waals surface area (Å²) in [6, 6.07) is 0. The molecule has 1 fully saturated rings.